The molecule has 0 unspecified atom stereocenters. The van der Waals surface area contributed by atoms with Crippen LogP contribution in [0.2, 0.25) is 0 Å². The number of ether oxygens (including phenoxy) is 3. The number of carbonyl (C=O) groups is 1. The number of benzene rings is 1. The second kappa shape index (κ2) is 10.9. The Kier molecular flexibility index (Phi) is 7.69. The third-order valence-electron chi connectivity index (χ3n) is 5.20. The highest BCUT2D eigenvalue weighted by atomic mass is 32.1. The molecule has 11 nitrogen and oxygen atoms in total. The van der Waals surface area contributed by atoms with Crippen LogP contribution < -0.4 is 25.0 Å². The van der Waals surface area contributed by atoms with Crippen LogP contribution >= 0.6 is 11.3 Å². The summed E-state index contributed by atoms with van der Waals surface area (Å²) >= 11 is 1.12. The number of hydrogen-bond acceptors (Lipinski definition) is 11. The molecule has 1 amide bonds. The monoisotopic (exact) mass is 525 g/mol. The van der Waals surface area contributed by atoms with Crippen LogP contribution in [0.25, 0.3) is 0 Å². The summed E-state index contributed by atoms with van der Waals surface area (Å²) in [6.45, 7) is 1.50. The Morgan fingerprint density at radius 3 is 2.64 bits per heavy atom. The van der Waals surface area contributed by atoms with Crippen LogP contribution in [-0.2, 0) is 9.53 Å². The van der Waals surface area contributed by atoms with Crippen molar-refractivity contribution in [1.82, 2.24) is 20.4 Å². The molecule has 2 N–H and O–H groups in total. The van der Waals surface area contributed by atoms with Gasteiger partial charge >= 0.3 is 6.36 Å². The highest BCUT2D eigenvalue weighted by Gasteiger charge is 2.32. The molecule has 3 heterocycles. The van der Waals surface area contributed by atoms with Crippen LogP contribution in [0.15, 0.2) is 36.5 Å². The number of hydrogen-bond donors (Lipinski definition) is 2. The van der Waals surface area contributed by atoms with E-state index >= 15 is 0 Å². The van der Waals surface area contributed by atoms with Gasteiger partial charge in [-0.3, -0.25) is 10.1 Å². The van der Waals surface area contributed by atoms with Crippen LogP contribution in [-0.4, -0.2) is 66.0 Å². The molecular formula is C21H22F3N7O4S. The zero-order valence-electron chi connectivity index (χ0n) is 19.2. The normalized spacial score (nSPS) is 16.5. The standard InChI is InChI=1S/C21H22F3N7O4S/c1-33-14-8-12(9-15(10-14)35-21(22,23)24)17(34-2)18(32)27-20-30-29-19(36-20)26-13-5-7-31(11-13)16-4-3-6-25-28-16/h3-4,6,8-10,13,17H,5,7,11H2,1-2H3,(H,26,29)(H,27,30,32)/t13-,17+/m1/s1. The number of halogens is 3. The van der Waals surface area contributed by atoms with E-state index in [9.17, 15) is 18.0 Å². The molecule has 0 aliphatic carbocycles. The Balaban J connectivity index is 1.39. The molecule has 0 bridgehead atoms. The molecule has 2 aromatic heterocycles. The maximum Gasteiger partial charge on any atom is 0.573 e. The topological polar surface area (TPSA) is 124 Å². The summed E-state index contributed by atoms with van der Waals surface area (Å²) in [5.41, 5.74) is 0.103. The first kappa shape index (κ1) is 25.4. The minimum absolute atomic E-state index is 0.0658. The predicted molar refractivity (Wildman–Crippen MR) is 124 cm³/mol. The first-order valence-corrected chi connectivity index (χ1v) is 11.5. The predicted octanol–water partition coefficient (Wildman–Crippen LogP) is 3.25. The number of nitrogens with zero attached hydrogens (tertiary/aromatic N) is 5. The first-order valence-electron chi connectivity index (χ1n) is 10.6. The van der Waals surface area contributed by atoms with Gasteiger partial charge in [0.15, 0.2) is 11.9 Å². The SMILES string of the molecule is COc1cc(OC(F)(F)F)cc([C@H](OC)C(=O)Nc2nnc(N[C@@H]3CCN(c4cccnn4)C3)s2)c1. The minimum atomic E-state index is -4.91. The Hall–Kier alpha value is -3.72. The van der Waals surface area contributed by atoms with E-state index in [1.54, 1.807) is 6.20 Å². The van der Waals surface area contributed by atoms with Crippen molar-refractivity contribution in [1.29, 1.82) is 0 Å². The van der Waals surface area contributed by atoms with E-state index in [1.807, 2.05) is 12.1 Å². The molecule has 1 aromatic carbocycles. The van der Waals surface area contributed by atoms with Crippen molar-refractivity contribution >= 4 is 33.3 Å². The van der Waals surface area contributed by atoms with Crippen molar-refractivity contribution in [2.24, 2.45) is 0 Å². The molecule has 1 fully saturated rings. The molecule has 0 saturated carbocycles. The lowest BCUT2D eigenvalue weighted by Crippen LogP contribution is -2.26. The molecule has 0 spiro atoms. The quantitative estimate of drug-likeness (QED) is 0.430. The van der Waals surface area contributed by atoms with Crippen molar-refractivity contribution < 1.29 is 32.2 Å². The summed E-state index contributed by atoms with van der Waals surface area (Å²) < 4.78 is 52.3. The van der Waals surface area contributed by atoms with Crippen LogP contribution in [0.3, 0.4) is 0 Å². The van der Waals surface area contributed by atoms with Gasteiger partial charge in [-0.2, -0.15) is 5.10 Å². The van der Waals surface area contributed by atoms with E-state index in [-0.39, 0.29) is 22.5 Å². The van der Waals surface area contributed by atoms with Gasteiger partial charge in [0, 0.05) is 38.5 Å². The Morgan fingerprint density at radius 2 is 1.94 bits per heavy atom. The van der Waals surface area contributed by atoms with Crippen LogP contribution in [0.1, 0.15) is 18.1 Å². The second-order valence-corrected chi connectivity index (χ2v) is 8.64. The fourth-order valence-electron chi connectivity index (χ4n) is 3.68. The van der Waals surface area contributed by atoms with E-state index in [2.05, 4.69) is 40.7 Å². The van der Waals surface area contributed by atoms with Gasteiger partial charge < -0.3 is 24.4 Å². The number of aromatic nitrogens is 4. The third kappa shape index (κ3) is 6.48. The van der Waals surface area contributed by atoms with Gasteiger partial charge in [-0.15, -0.1) is 28.5 Å². The van der Waals surface area contributed by atoms with Crippen LogP contribution in [0.4, 0.5) is 29.3 Å². The van der Waals surface area contributed by atoms with E-state index in [1.165, 1.54) is 20.3 Å². The van der Waals surface area contributed by atoms with Gasteiger partial charge in [0.2, 0.25) is 10.3 Å². The molecule has 4 rings (SSSR count). The van der Waals surface area contributed by atoms with E-state index in [0.29, 0.717) is 11.7 Å². The zero-order valence-corrected chi connectivity index (χ0v) is 20.0. The lowest BCUT2D eigenvalue weighted by atomic mass is 10.1. The van der Waals surface area contributed by atoms with Crippen LogP contribution in [0.5, 0.6) is 11.5 Å². The maximum atomic E-state index is 12.9. The average Bonchev–Trinajstić information content (AvgIpc) is 3.48. The Morgan fingerprint density at radius 1 is 1.17 bits per heavy atom. The summed E-state index contributed by atoms with van der Waals surface area (Å²) in [4.78, 5) is 15.0. The number of rotatable bonds is 9. The smallest absolute Gasteiger partial charge is 0.497 e. The lowest BCUT2D eigenvalue weighted by molar-refractivity contribution is -0.274. The van der Waals surface area contributed by atoms with Crippen molar-refractivity contribution in [3.8, 4) is 11.5 Å². The maximum absolute atomic E-state index is 12.9. The van der Waals surface area contributed by atoms with Crippen molar-refractivity contribution in [3.05, 3.63) is 42.1 Å². The third-order valence-corrected chi connectivity index (χ3v) is 5.97. The van der Waals surface area contributed by atoms with Gasteiger partial charge in [0.1, 0.15) is 11.5 Å². The molecule has 0 radical (unpaired) electrons. The molecule has 2 atom stereocenters. The molecule has 3 aromatic rings. The lowest BCUT2D eigenvalue weighted by Gasteiger charge is -2.17. The van der Waals surface area contributed by atoms with E-state index in [4.69, 9.17) is 9.47 Å². The number of alkyl halides is 3. The average molecular weight is 526 g/mol. The molecule has 1 aliphatic heterocycles. The van der Waals surface area contributed by atoms with Crippen molar-refractivity contribution in [3.63, 3.8) is 0 Å². The fraction of sp³-hybridized carbons (Fsp3) is 0.381. The number of anilines is 3. The molecule has 1 aliphatic rings. The Bertz CT molecular complexity index is 1180. The van der Waals surface area contributed by atoms with Crippen molar-refractivity contribution in [2.45, 2.75) is 24.9 Å². The number of amides is 1. The molecule has 36 heavy (non-hydrogen) atoms. The first-order chi connectivity index (χ1) is 17.2. The summed E-state index contributed by atoms with van der Waals surface area (Å²) in [6, 6.07) is 7.30. The van der Waals surface area contributed by atoms with Crippen molar-refractivity contribution in [2.75, 3.05) is 42.8 Å². The molecule has 15 heteroatoms. The molecule has 1 saturated heterocycles. The summed E-state index contributed by atoms with van der Waals surface area (Å²) in [6.07, 6.45) is -3.70. The van der Waals surface area contributed by atoms with Crippen LogP contribution in [0, 0.1) is 0 Å². The Labute approximate surface area is 207 Å². The largest absolute Gasteiger partial charge is 0.573 e. The number of methoxy groups -OCH3 is 2. The van der Waals surface area contributed by atoms with Gasteiger partial charge in [-0.05, 0) is 36.2 Å². The molecular weight excluding hydrogens is 503 g/mol. The van der Waals surface area contributed by atoms with Gasteiger partial charge in [0.05, 0.1) is 7.11 Å². The minimum Gasteiger partial charge on any atom is -0.497 e. The summed E-state index contributed by atoms with van der Waals surface area (Å²) in [5.74, 6) is -0.336. The van der Waals surface area contributed by atoms with E-state index in [0.717, 1.165) is 42.3 Å². The fourth-order valence-corrected chi connectivity index (χ4v) is 4.40. The van der Waals surface area contributed by atoms with Gasteiger partial charge in [-0.25, -0.2) is 0 Å². The second-order valence-electron chi connectivity index (χ2n) is 7.66. The highest BCUT2D eigenvalue weighted by molar-refractivity contribution is 7.19. The van der Waals surface area contributed by atoms with Gasteiger partial charge in [-0.1, -0.05) is 11.3 Å². The summed E-state index contributed by atoms with van der Waals surface area (Å²) in [5, 5.41) is 22.6. The number of nitrogens with one attached hydrogen (secondary N) is 2. The zero-order chi connectivity index (χ0) is 25.7. The highest BCUT2D eigenvalue weighted by Crippen LogP contribution is 2.32. The number of carbonyl (C=O) groups excluding carboxylic acids is 1. The van der Waals surface area contributed by atoms with Gasteiger partial charge in [0.25, 0.3) is 5.91 Å². The summed E-state index contributed by atoms with van der Waals surface area (Å²) in [7, 11) is 2.54. The molecule has 192 valence electrons. The van der Waals surface area contributed by atoms with E-state index < -0.39 is 24.1 Å².